The third kappa shape index (κ3) is 2.22. The van der Waals surface area contributed by atoms with Gasteiger partial charge >= 0.3 is 0 Å². The molecule has 2 atom stereocenters. The van der Waals surface area contributed by atoms with E-state index in [2.05, 4.69) is 0 Å². The summed E-state index contributed by atoms with van der Waals surface area (Å²) >= 11 is 0. The quantitative estimate of drug-likeness (QED) is 0.570. The van der Waals surface area contributed by atoms with Crippen LogP contribution in [0.5, 0.6) is 0 Å². The molecule has 2 aliphatic heterocycles. The van der Waals surface area contributed by atoms with Crippen LogP contribution in [0.1, 0.15) is 0 Å². The van der Waals surface area contributed by atoms with E-state index in [4.69, 9.17) is 29.2 Å². The molecule has 2 saturated heterocycles. The largest absolute Gasteiger partial charge is 0.394 e. The highest BCUT2D eigenvalue weighted by Gasteiger charge is 2.36. The van der Waals surface area contributed by atoms with Crippen molar-refractivity contribution in [3.8, 4) is 0 Å². The minimum atomic E-state index is -0.602. The topological polar surface area (TPSA) is 77.4 Å². The first-order chi connectivity index (χ1) is 6.79. The van der Waals surface area contributed by atoms with E-state index in [0.29, 0.717) is 6.61 Å². The van der Waals surface area contributed by atoms with E-state index in [1.807, 2.05) is 0 Å². The van der Waals surface area contributed by atoms with Gasteiger partial charge in [-0.05, 0) is 0 Å². The van der Waals surface area contributed by atoms with E-state index in [1.165, 1.54) is 0 Å². The summed E-state index contributed by atoms with van der Waals surface area (Å²) in [4.78, 5) is 0. The molecular weight excluding hydrogens is 192 g/mol. The number of aliphatic hydroxyl groups is 2. The Morgan fingerprint density at radius 1 is 1.00 bits per heavy atom. The van der Waals surface area contributed by atoms with E-state index < -0.39 is 18.7 Å². The van der Waals surface area contributed by atoms with Crippen LogP contribution in [-0.2, 0) is 18.9 Å². The van der Waals surface area contributed by atoms with Crippen molar-refractivity contribution < 1.29 is 29.2 Å². The molecule has 0 bridgehead atoms. The van der Waals surface area contributed by atoms with Gasteiger partial charge < -0.3 is 29.2 Å². The summed E-state index contributed by atoms with van der Waals surface area (Å²) < 4.78 is 20.8. The van der Waals surface area contributed by atoms with Crippen molar-refractivity contribution in [1.29, 1.82) is 0 Å². The molecule has 2 fully saturated rings. The lowest BCUT2D eigenvalue weighted by Crippen LogP contribution is -2.42. The van der Waals surface area contributed by atoms with Crippen LogP contribution in [0.4, 0.5) is 0 Å². The van der Waals surface area contributed by atoms with Gasteiger partial charge in [-0.3, -0.25) is 0 Å². The van der Waals surface area contributed by atoms with Crippen LogP contribution in [0.15, 0.2) is 0 Å². The van der Waals surface area contributed by atoms with Gasteiger partial charge in [0.25, 0.3) is 0 Å². The maximum atomic E-state index is 9.10. The molecule has 0 aromatic rings. The molecule has 0 amide bonds. The van der Waals surface area contributed by atoms with E-state index in [9.17, 15) is 0 Å². The van der Waals surface area contributed by atoms with E-state index in [-0.39, 0.29) is 25.9 Å². The Balaban J connectivity index is 1.79. The normalized spacial score (nSPS) is 44.1. The average Bonchev–Trinajstić information content (AvgIpc) is 2.67. The highest BCUT2D eigenvalue weighted by atomic mass is 16.8. The van der Waals surface area contributed by atoms with Crippen molar-refractivity contribution in [3.05, 3.63) is 0 Å². The first-order valence-corrected chi connectivity index (χ1v) is 4.59. The molecule has 2 rings (SSSR count). The molecule has 6 heteroatoms. The second-order valence-corrected chi connectivity index (χ2v) is 3.33. The standard InChI is InChI=1S/C8H14O6/c9-1-6-4-13-8(14-6)7-11-2-5(10)3-12-7/h5-10H,1-4H2. The summed E-state index contributed by atoms with van der Waals surface area (Å²) in [7, 11) is 0. The number of ether oxygens (including phenoxy) is 4. The Bertz CT molecular complexity index is 179. The highest BCUT2D eigenvalue weighted by Crippen LogP contribution is 2.20. The third-order valence-corrected chi connectivity index (χ3v) is 2.10. The van der Waals surface area contributed by atoms with Crippen LogP contribution in [0, 0.1) is 0 Å². The molecule has 2 N–H and O–H groups in total. The summed E-state index contributed by atoms with van der Waals surface area (Å²) in [6.45, 7) is 0.703. The molecule has 2 heterocycles. The second kappa shape index (κ2) is 4.52. The molecular formula is C8H14O6. The minimum Gasteiger partial charge on any atom is -0.394 e. The third-order valence-electron chi connectivity index (χ3n) is 2.10. The fourth-order valence-electron chi connectivity index (χ4n) is 1.37. The summed E-state index contributed by atoms with van der Waals surface area (Å²) in [5, 5.41) is 17.9. The summed E-state index contributed by atoms with van der Waals surface area (Å²) in [5.74, 6) is 0. The molecule has 6 nitrogen and oxygen atoms in total. The van der Waals surface area contributed by atoms with Crippen LogP contribution in [0.25, 0.3) is 0 Å². The lowest BCUT2D eigenvalue weighted by Gasteiger charge is -2.29. The van der Waals surface area contributed by atoms with Gasteiger partial charge in [-0.2, -0.15) is 0 Å². The number of rotatable bonds is 2. The first kappa shape index (κ1) is 10.3. The molecule has 0 aliphatic carbocycles. The summed E-state index contributed by atoms with van der Waals surface area (Å²) in [6, 6.07) is 0. The first-order valence-electron chi connectivity index (χ1n) is 4.59. The van der Waals surface area contributed by atoms with Crippen molar-refractivity contribution in [2.24, 2.45) is 0 Å². The summed E-state index contributed by atoms with van der Waals surface area (Å²) in [5.41, 5.74) is 0. The van der Waals surface area contributed by atoms with E-state index in [1.54, 1.807) is 0 Å². The van der Waals surface area contributed by atoms with Crippen molar-refractivity contribution in [3.63, 3.8) is 0 Å². The molecule has 2 unspecified atom stereocenters. The lowest BCUT2D eigenvalue weighted by atomic mass is 10.4. The van der Waals surface area contributed by atoms with E-state index in [0.717, 1.165) is 0 Å². The van der Waals surface area contributed by atoms with Gasteiger partial charge in [0.1, 0.15) is 12.2 Å². The van der Waals surface area contributed by atoms with Gasteiger partial charge in [-0.25, -0.2) is 0 Å². The van der Waals surface area contributed by atoms with Gasteiger partial charge in [0.15, 0.2) is 0 Å². The second-order valence-electron chi connectivity index (χ2n) is 3.33. The Kier molecular flexibility index (Phi) is 3.32. The lowest BCUT2D eigenvalue weighted by molar-refractivity contribution is -0.293. The Labute approximate surface area is 81.3 Å². The zero-order chi connectivity index (χ0) is 9.97. The van der Waals surface area contributed by atoms with Crippen molar-refractivity contribution >= 4 is 0 Å². The Hall–Kier alpha value is -0.240. The molecule has 0 aromatic heterocycles. The van der Waals surface area contributed by atoms with Crippen molar-refractivity contribution in [1.82, 2.24) is 0 Å². The molecule has 82 valence electrons. The van der Waals surface area contributed by atoms with Crippen LogP contribution >= 0.6 is 0 Å². The predicted molar refractivity (Wildman–Crippen MR) is 43.4 cm³/mol. The average molecular weight is 206 g/mol. The highest BCUT2D eigenvalue weighted by molar-refractivity contribution is 4.69. The maximum absolute atomic E-state index is 9.10. The van der Waals surface area contributed by atoms with Crippen molar-refractivity contribution in [2.45, 2.75) is 24.8 Å². The van der Waals surface area contributed by atoms with Gasteiger partial charge in [0.05, 0.1) is 26.4 Å². The molecule has 0 radical (unpaired) electrons. The Morgan fingerprint density at radius 3 is 2.21 bits per heavy atom. The van der Waals surface area contributed by atoms with Crippen LogP contribution in [0.3, 0.4) is 0 Å². The summed E-state index contributed by atoms with van der Waals surface area (Å²) in [6.07, 6.45) is -2.09. The maximum Gasteiger partial charge on any atom is 0.209 e. The van der Waals surface area contributed by atoms with E-state index >= 15 is 0 Å². The fourth-order valence-corrected chi connectivity index (χ4v) is 1.37. The molecule has 0 aromatic carbocycles. The molecule has 14 heavy (non-hydrogen) atoms. The molecule has 0 spiro atoms. The van der Waals surface area contributed by atoms with Gasteiger partial charge in [0, 0.05) is 0 Å². The Morgan fingerprint density at radius 2 is 1.64 bits per heavy atom. The SMILES string of the molecule is OCC1COC(C2OCC(O)CO2)O1. The molecule has 0 saturated carbocycles. The number of hydrogen-bond acceptors (Lipinski definition) is 6. The predicted octanol–water partition coefficient (Wildman–Crippen LogP) is -1.55. The van der Waals surface area contributed by atoms with Gasteiger partial charge in [-0.1, -0.05) is 0 Å². The van der Waals surface area contributed by atoms with Crippen LogP contribution in [-0.4, -0.2) is 61.4 Å². The fraction of sp³-hybridized carbons (Fsp3) is 1.00. The zero-order valence-electron chi connectivity index (χ0n) is 7.67. The minimum absolute atomic E-state index is 0.0775. The van der Waals surface area contributed by atoms with Gasteiger partial charge in [0.2, 0.25) is 12.6 Å². The zero-order valence-corrected chi connectivity index (χ0v) is 7.67. The number of hydrogen-bond donors (Lipinski definition) is 2. The van der Waals surface area contributed by atoms with Gasteiger partial charge in [-0.15, -0.1) is 0 Å². The van der Waals surface area contributed by atoms with Crippen LogP contribution in [0.2, 0.25) is 0 Å². The number of aliphatic hydroxyl groups excluding tert-OH is 2. The van der Waals surface area contributed by atoms with Crippen LogP contribution < -0.4 is 0 Å². The van der Waals surface area contributed by atoms with Crippen molar-refractivity contribution in [2.75, 3.05) is 26.4 Å². The molecule has 2 aliphatic rings. The smallest absolute Gasteiger partial charge is 0.209 e. The monoisotopic (exact) mass is 206 g/mol.